The zero-order valence-corrected chi connectivity index (χ0v) is 19.1. The van der Waals surface area contributed by atoms with Gasteiger partial charge in [-0.05, 0) is 71.1 Å². The first kappa shape index (κ1) is 25.2. The van der Waals surface area contributed by atoms with Crippen molar-refractivity contribution in [1.82, 2.24) is 25.3 Å². The van der Waals surface area contributed by atoms with Gasteiger partial charge in [0.1, 0.15) is 5.54 Å². The maximum absolute atomic E-state index is 13.3. The van der Waals surface area contributed by atoms with Gasteiger partial charge in [0.25, 0.3) is 0 Å². The molecule has 2 N–H and O–H groups in total. The molecule has 1 amide bonds. The van der Waals surface area contributed by atoms with E-state index in [9.17, 15) is 4.79 Å². The van der Waals surface area contributed by atoms with Crippen molar-refractivity contribution in [1.29, 1.82) is 0 Å². The second-order valence-electron chi connectivity index (χ2n) is 8.59. The summed E-state index contributed by atoms with van der Waals surface area (Å²) in [6, 6.07) is 1.90. The Bertz CT molecular complexity index is 587. The van der Waals surface area contributed by atoms with Crippen LogP contribution in [-0.4, -0.2) is 58.9 Å². The van der Waals surface area contributed by atoms with Crippen molar-refractivity contribution in [3.63, 3.8) is 0 Å². The summed E-state index contributed by atoms with van der Waals surface area (Å²) < 4.78 is 1.87. The summed E-state index contributed by atoms with van der Waals surface area (Å²) in [5.41, 5.74) is -0.583. The first-order valence-corrected chi connectivity index (χ1v) is 10.2. The molecule has 0 radical (unpaired) electrons. The van der Waals surface area contributed by atoms with Crippen LogP contribution in [0.1, 0.15) is 52.9 Å². The fraction of sp³-hybridized carbons (Fsp3) is 0.800. The lowest BCUT2D eigenvalue weighted by atomic mass is 9.86. The molecule has 2 fully saturated rings. The van der Waals surface area contributed by atoms with Crippen LogP contribution in [0, 0.1) is 5.92 Å². The number of nitrogens with zero attached hydrogens (tertiary/aromatic N) is 3. The minimum atomic E-state index is -0.557. The Balaban J connectivity index is 0.00000196. The third-order valence-electron chi connectivity index (χ3n) is 6.43. The van der Waals surface area contributed by atoms with Crippen LogP contribution >= 0.6 is 24.8 Å². The zero-order valence-electron chi connectivity index (χ0n) is 17.4. The molecule has 162 valence electrons. The first-order valence-electron chi connectivity index (χ1n) is 10.2. The fourth-order valence-electron chi connectivity index (χ4n) is 4.44. The van der Waals surface area contributed by atoms with E-state index in [2.05, 4.69) is 41.4 Å². The summed E-state index contributed by atoms with van der Waals surface area (Å²) in [7, 11) is 0. The molecular weight excluding hydrogens is 397 g/mol. The first-order chi connectivity index (χ1) is 12.5. The number of piperidine rings is 2. The van der Waals surface area contributed by atoms with Crippen molar-refractivity contribution in [3.8, 4) is 0 Å². The van der Waals surface area contributed by atoms with Crippen LogP contribution in [0.15, 0.2) is 18.5 Å². The molecule has 1 aromatic rings. The molecule has 1 aromatic heterocycles. The van der Waals surface area contributed by atoms with E-state index in [-0.39, 0.29) is 36.3 Å². The monoisotopic (exact) mass is 433 g/mol. The Kier molecular flexibility index (Phi) is 9.74. The second kappa shape index (κ2) is 10.8. The summed E-state index contributed by atoms with van der Waals surface area (Å²) in [6.45, 7) is 11.5. The van der Waals surface area contributed by atoms with E-state index >= 15 is 0 Å². The number of aromatic nitrogens is 2. The van der Waals surface area contributed by atoms with Crippen molar-refractivity contribution in [2.45, 2.75) is 64.0 Å². The number of amides is 1. The highest BCUT2D eigenvalue weighted by Crippen LogP contribution is 2.29. The minimum Gasteiger partial charge on any atom is -0.352 e. The van der Waals surface area contributed by atoms with Gasteiger partial charge in [0.2, 0.25) is 5.91 Å². The fourth-order valence-corrected chi connectivity index (χ4v) is 4.44. The van der Waals surface area contributed by atoms with Gasteiger partial charge in [-0.3, -0.25) is 14.4 Å². The van der Waals surface area contributed by atoms with Crippen molar-refractivity contribution in [2.75, 3.05) is 32.7 Å². The molecule has 3 heterocycles. The predicted molar refractivity (Wildman–Crippen MR) is 118 cm³/mol. The molecule has 2 aliphatic heterocycles. The summed E-state index contributed by atoms with van der Waals surface area (Å²) in [6.07, 6.45) is 9.09. The summed E-state index contributed by atoms with van der Waals surface area (Å²) in [5, 5.41) is 11.1. The van der Waals surface area contributed by atoms with Crippen LogP contribution in [0.3, 0.4) is 0 Å². The molecule has 0 saturated carbocycles. The van der Waals surface area contributed by atoms with Gasteiger partial charge < -0.3 is 10.6 Å². The summed E-state index contributed by atoms with van der Waals surface area (Å²) in [4.78, 5) is 15.8. The third-order valence-corrected chi connectivity index (χ3v) is 6.43. The van der Waals surface area contributed by atoms with Crippen LogP contribution in [-0.2, 0) is 10.3 Å². The van der Waals surface area contributed by atoms with Crippen LogP contribution in [0.5, 0.6) is 0 Å². The lowest BCUT2D eigenvalue weighted by Gasteiger charge is -2.44. The average molecular weight is 434 g/mol. The molecular formula is C20H37Cl2N5O. The molecule has 3 rings (SSSR count). The Morgan fingerprint density at radius 3 is 2.64 bits per heavy atom. The number of likely N-dealkylation sites (tertiary alicyclic amines) is 1. The van der Waals surface area contributed by atoms with E-state index in [0.717, 1.165) is 44.9 Å². The number of halogens is 2. The average Bonchev–Trinajstić information content (AvgIpc) is 3.22. The number of hydrogen-bond acceptors (Lipinski definition) is 4. The van der Waals surface area contributed by atoms with Crippen LogP contribution in [0.4, 0.5) is 0 Å². The molecule has 0 aromatic carbocycles. The van der Waals surface area contributed by atoms with Crippen molar-refractivity contribution >= 4 is 30.7 Å². The quantitative estimate of drug-likeness (QED) is 0.723. The van der Waals surface area contributed by atoms with Crippen molar-refractivity contribution in [3.05, 3.63) is 18.5 Å². The summed E-state index contributed by atoms with van der Waals surface area (Å²) >= 11 is 0. The largest absolute Gasteiger partial charge is 0.352 e. The molecule has 8 heteroatoms. The van der Waals surface area contributed by atoms with Gasteiger partial charge in [-0.1, -0.05) is 13.3 Å². The Morgan fingerprint density at radius 1 is 1.32 bits per heavy atom. The van der Waals surface area contributed by atoms with Crippen LogP contribution in [0.2, 0.25) is 0 Å². The van der Waals surface area contributed by atoms with E-state index in [0.29, 0.717) is 6.54 Å². The highest BCUT2D eigenvalue weighted by molar-refractivity contribution is 5.85. The van der Waals surface area contributed by atoms with Gasteiger partial charge in [-0.25, -0.2) is 0 Å². The number of carbonyl (C=O) groups is 1. The molecule has 0 bridgehead atoms. The third kappa shape index (κ3) is 5.41. The number of rotatable bonds is 6. The van der Waals surface area contributed by atoms with Crippen LogP contribution in [0.25, 0.3) is 0 Å². The van der Waals surface area contributed by atoms with E-state index in [4.69, 9.17) is 0 Å². The maximum Gasteiger partial charge on any atom is 0.248 e. The van der Waals surface area contributed by atoms with Gasteiger partial charge >= 0.3 is 0 Å². The van der Waals surface area contributed by atoms with Gasteiger partial charge in [0.15, 0.2) is 0 Å². The lowest BCUT2D eigenvalue weighted by Crippen LogP contribution is -2.59. The minimum absolute atomic E-state index is 0. The molecule has 2 saturated heterocycles. The SMILES string of the molecule is CCC1CCCN(C(C)(C)CNC(=O)C2(n3cccn3)CCNCC2)C1.Cl.Cl. The Hall–Kier alpha value is -0.820. The smallest absolute Gasteiger partial charge is 0.248 e. The van der Waals surface area contributed by atoms with E-state index < -0.39 is 5.54 Å². The van der Waals surface area contributed by atoms with Gasteiger partial charge in [-0.15, -0.1) is 24.8 Å². The molecule has 0 spiro atoms. The highest BCUT2D eigenvalue weighted by atomic mass is 35.5. The van der Waals surface area contributed by atoms with Crippen LogP contribution < -0.4 is 10.6 Å². The molecule has 28 heavy (non-hydrogen) atoms. The van der Waals surface area contributed by atoms with E-state index in [1.807, 2.05) is 16.9 Å². The standard InChI is InChI=1S/C20H35N5O.2ClH/c1-4-17-7-5-13-24(15-17)19(2,3)16-22-18(26)20(8-11-21-12-9-20)25-14-6-10-23-25;;/h6,10,14,17,21H,4-5,7-9,11-13,15-16H2,1-3H3,(H,22,26);2*1H. The topological polar surface area (TPSA) is 62.2 Å². The van der Waals surface area contributed by atoms with Crippen molar-refractivity contribution in [2.24, 2.45) is 5.92 Å². The molecule has 0 aliphatic carbocycles. The molecule has 2 aliphatic rings. The van der Waals surface area contributed by atoms with E-state index in [1.54, 1.807) is 6.20 Å². The number of carbonyl (C=O) groups excluding carboxylic acids is 1. The predicted octanol–water partition coefficient (Wildman–Crippen LogP) is 2.82. The number of nitrogens with one attached hydrogen (secondary N) is 2. The Morgan fingerprint density at radius 2 is 2.04 bits per heavy atom. The normalized spacial score (nSPS) is 22.6. The highest BCUT2D eigenvalue weighted by Gasteiger charge is 2.42. The molecule has 6 nitrogen and oxygen atoms in total. The molecule has 1 unspecified atom stereocenters. The van der Waals surface area contributed by atoms with Gasteiger partial charge in [-0.2, -0.15) is 5.10 Å². The molecule has 1 atom stereocenters. The van der Waals surface area contributed by atoms with Crippen molar-refractivity contribution < 1.29 is 4.79 Å². The maximum atomic E-state index is 13.3. The summed E-state index contributed by atoms with van der Waals surface area (Å²) in [5.74, 6) is 0.901. The second-order valence-corrected chi connectivity index (χ2v) is 8.59. The van der Waals surface area contributed by atoms with Gasteiger partial charge in [0, 0.05) is 31.0 Å². The lowest BCUT2D eigenvalue weighted by molar-refractivity contribution is -0.132. The number of hydrogen-bond donors (Lipinski definition) is 2. The van der Waals surface area contributed by atoms with Gasteiger partial charge in [0.05, 0.1) is 0 Å². The zero-order chi connectivity index (χ0) is 18.6. The Labute approximate surface area is 182 Å². The van der Waals surface area contributed by atoms with E-state index in [1.165, 1.54) is 19.3 Å².